The molecule has 0 radical (unpaired) electrons. The Kier molecular flexibility index (Phi) is 5.93. The average molecular weight is 386 g/mol. The lowest BCUT2D eigenvalue weighted by Crippen LogP contribution is -2.41. The van der Waals surface area contributed by atoms with Gasteiger partial charge in [-0.25, -0.2) is 10.3 Å². The van der Waals surface area contributed by atoms with Crippen molar-refractivity contribution >= 4 is 20.6 Å². The van der Waals surface area contributed by atoms with Gasteiger partial charge in [0.05, 0.1) is 18.6 Å². The molecular weight excluding hydrogens is 368 g/mol. The van der Waals surface area contributed by atoms with Crippen molar-refractivity contribution in [2.24, 2.45) is 10.3 Å². The maximum Gasteiger partial charge on any atom is 0.333 e. The molecule has 0 fully saturated rings. The zero-order chi connectivity index (χ0) is 18.6. The fraction of sp³-hybridized carbons (Fsp3) is 0.200. The fourth-order valence-corrected chi connectivity index (χ4v) is 3.15. The Morgan fingerprint density at radius 1 is 0.680 bits per heavy atom. The minimum absolute atomic E-state index is 0.463. The van der Waals surface area contributed by atoms with Gasteiger partial charge in [-0.05, 0) is 11.1 Å². The molecule has 2 aromatic rings. The van der Waals surface area contributed by atoms with E-state index in [9.17, 15) is 16.8 Å². The van der Waals surface area contributed by atoms with Crippen molar-refractivity contribution < 1.29 is 25.2 Å². The van der Waals surface area contributed by atoms with Gasteiger partial charge < -0.3 is 0 Å². The molecule has 0 spiro atoms. The standard InChI is InChI=1S/C15H18N2O6S2/c16-24(18,19)22-11-15(12-23-25(17,20)21,13-7-3-1-4-8-13)14-9-5-2-6-10-14/h1-10H,11-12H2,(H2,16,18,19)(H2,17,20,21). The summed E-state index contributed by atoms with van der Waals surface area (Å²) < 4.78 is 54.9. The number of nitrogens with two attached hydrogens (primary N) is 2. The highest BCUT2D eigenvalue weighted by Crippen LogP contribution is 2.34. The maximum atomic E-state index is 11.3. The monoisotopic (exact) mass is 386 g/mol. The summed E-state index contributed by atoms with van der Waals surface area (Å²) in [6.07, 6.45) is 0. The van der Waals surface area contributed by atoms with Gasteiger partial charge >= 0.3 is 20.6 Å². The Bertz CT molecular complexity index is 822. The molecule has 0 bridgehead atoms. The highest BCUT2D eigenvalue weighted by molar-refractivity contribution is 7.84. The molecule has 8 nitrogen and oxygen atoms in total. The number of rotatable bonds is 8. The fourth-order valence-electron chi connectivity index (χ4n) is 2.42. The van der Waals surface area contributed by atoms with Crippen molar-refractivity contribution in [1.29, 1.82) is 0 Å². The third-order valence-corrected chi connectivity index (χ3v) is 4.48. The van der Waals surface area contributed by atoms with Crippen LogP contribution in [0.3, 0.4) is 0 Å². The number of benzene rings is 2. The molecule has 0 unspecified atom stereocenters. The Morgan fingerprint density at radius 3 is 1.28 bits per heavy atom. The first-order valence-corrected chi connectivity index (χ1v) is 10.0. The molecule has 2 aromatic carbocycles. The lowest BCUT2D eigenvalue weighted by atomic mass is 9.76. The molecule has 0 atom stereocenters. The highest BCUT2D eigenvalue weighted by Gasteiger charge is 2.38. The predicted octanol–water partition coefficient (Wildman–Crippen LogP) is 0.413. The van der Waals surface area contributed by atoms with E-state index in [2.05, 4.69) is 0 Å². The van der Waals surface area contributed by atoms with E-state index in [0.717, 1.165) is 0 Å². The van der Waals surface area contributed by atoms with Crippen molar-refractivity contribution in [2.75, 3.05) is 13.2 Å². The van der Waals surface area contributed by atoms with Crippen molar-refractivity contribution in [3.05, 3.63) is 71.8 Å². The van der Waals surface area contributed by atoms with E-state index in [1.807, 2.05) is 0 Å². The van der Waals surface area contributed by atoms with Crippen LogP contribution in [0.5, 0.6) is 0 Å². The highest BCUT2D eigenvalue weighted by atomic mass is 32.2. The first-order valence-electron chi connectivity index (χ1n) is 7.08. The molecule has 0 aliphatic heterocycles. The zero-order valence-electron chi connectivity index (χ0n) is 13.1. The van der Waals surface area contributed by atoms with Crippen molar-refractivity contribution in [3.63, 3.8) is 0 Å². The van der Waals surface area contributed by atoms with Crippen molar-refractivity contribution in [3.8, 4) is 0 Å². The largest absolute Gasteiger partial charge is 0.333 e. The van der Waals surface area contributed by atoms with Crippen LogP contribution in [0.25, 0.3) is 0 Å². The predicted molar refractivity (Wildman–Crippen MR) is 91.8 cm³/mol. The van der Waals surface area contributed by atoms with E-state index < -0.39 is 39.2 Å². The van der Waals surface area contributed by atoms with Crippen LogP contribution in [0, 0.1) is 0 Å². The SMILES string of the molecule is NS(=O)(=O)OCC(COS(N)(=O)=O)(c1ccccc1)c1ccccc1. The van der Waals surface area contributed by atoms with E-state index >= 15 is 0 Å². The second kappa shape index (κ2) is 7.60. The van der Waals surface area contributed by atoms with Crippen molar-refractivity contribution in [2.45, 2.75) is 5.41 Å². The summed E-state index contributed by atoms with van der Waals surface area (Å²) in [6.45, 7) is -0.926. The molecule has 0 heterocycles. The first kappa shape index (κ1) is 19.5. The van der Waals surface area contributed by atoms with Crippen LogP contribution < -0.4 is 10.3 Å². The minimum Gasteiger partial charge on any atom is -0.257 e. The van der Waals surface area contributed by atoms with Crippen LogP contribution >= 0.6 is 0 Å². The molecular formula is C15H18N2O6S2. The minimum atomic E-state index is -4.26. The Labute approximate surface area is 146 Å². The molecule has 0 saturated carbocycles. The van der Waals surface area contributed by atoms with Gasteiger partial charge in [-0.3, -0.25) is 8.37 Å². The van der Waals surface area contributed by atoms with E-state index in [0.29, 0.717) is 11.1 Å². The average Bonchev–Trinajstić information content (AvgIpc) is 2.55. The van der Waals surface area contributed by atoms with Crippen LogP contribution in [0.4, 0.5) is 0 Å². The third kappa shape index (κ3) is 5.59. The van der Waals surface area contributed by atoms with Crippen LogP contribution in [0.1, 0.15) is 11.1 Å². The van der Waals surface area contributed by atoms with E-state index in [-0.39, 0.29) is 0 Å². The van der Waals surface area contributed by atoms with Crippen LogP contribution in [0.2, 0.25) is 0 Å². The Balaban J connectivity index is 2.59. The van der Waals surface area contributed by atoms with Gasteiger partial charge in [-0.15, -0.1) is 0 Å². The smallest absolute Gasteiger partial charge is 0.257 e. The molecule has 0 aromatic heterocycles. The lowest BCUT2D eigenvalue weighted by molar-refractivity contribution is 0.177. The van der Waals surface area contributed by atoms with E-state index in [1.54, 1.807) is 60.7 Å². The van der Waals surface area contributed by atoms with E-state index in [1.165, 1.54) is 0 Å². The molecule has 0 aliphatic rings. The molecule has 0 amide bonds. The first-order chi connectivity index (χ1) is 11.6. The van der Waals surface area contributed by atoms with Crippen LogP contribution in [0.15, 0.2) is 60.7 Å². The van der Waals surface area contributed by atoms with Gasteiger partial charge in [0.2, 0.25) is 0 Å². The molecule has 10 heteroatoms. The normalized spacial score (nSPS) is 12.9. The molecule has 136 valence electrons. The van der Waals surface area contributed by atoms with Gasteiger partial charge in [-0.2, -0.15) is 16.8 Å². The Hall–Kier alpha value is -1.82. The second-order valence-corrected chi connectivity index (χ2v) is 7.77. The second-order valence-electron chi connectivity index (χ2n) is 5.32. The quantitative estimate of drug-likeness (QED) is 0.674. The van der Waals surface area contributed by atoms with Crippen LogP contribution in [-0.4, -0.2) is 30.0 Å². The number of hydrogen-bond donors (Lipinski definition) is 2. The summed E-state index contributed by atoms with van der Waals surface area (Å²) >= 11 is 0. The summed E-state index contributed by atoms with van der Waals surface area (Å²) in [5, 5.41) is 9.89. The van der Waals surface area contributed by atoms with Crippen LogP contribution in [-0.2, 0) is 34.4 Å². The summed E-state index contributed by atoms with van der Waals surface area (Å²) in [5.74, 6) is 0. The van der Waals surface area contributed by atoms with Crippen molar-refractivity contribution in [1.82, 2.24) is 0 Å². The maximum absolute atomic E-state index is 11.3. The summed E-state index contributed by atoms with van der Waals surface area (Å²) in [7, 11) is -8.53. The molecule has 4 N–H and O–H groups in total. The molecule has 0 saturated heterocycles. The van der Waals surface area contributed by atoms with Gasteiger partial charge in [-0.1, -0.05) is 60.7 Å². The third-order valence-electron chi connectivity index (χ3n) is 3.59. The summed E-state index contributed by atoms with van der Waals surface area (Å²) in [4.78, 5) is 0. The summed E-state index contributed by atoms with van der Waals surface area (Å²) in [5.41, 5.74) is -0.108. The van der Waals surface area contributed by atoms with E-state index in [4.69, 9.17) is 18.6 Å². The van der Waals surface area contributed by atoms with Gasteiger partial charge in [0.25, 0.3) is 0 Å². The van der Waals surface area contributed by atoms with Gasteiger partial charge in [0, 0.05) is 0 Å². The number of hydrogen-bond acceptors (Lipinski definition) is 6. The molecule has 0 aliphatic carbocycles. The Morgan fingerprint density at radius 2 is 1.00 bits per heavy atom. The zero-order valence-corrected chi connectivity index (χ0v) is 14.7. The summed E-state index contributed by atoms with van der Waals surface area (Å²) in [6, 6.07) is 17.2. The van der Waals surface area contributed by atoms with Gasteiger partial charge in [0.1, 0.15) is 0 Å². The lowest BCUT2D eigenvalue weighted by Gasteiger charge is -2.33. The molecule has 2 rings (SSSR count). The van der Waals surface area contributed by atoms with Gasteiger partial charge in [0.15, 0.2) is 0 Å². The topological polar surface area (TPSA) is 139 Å². The molecule has 25 heavy (non-hydrogen) atoms.